The second-order valence-corrected chi connectivity index (χ2v) is 27.3. The van der Waals surface area contributed by atoms with Crippen LogP contribution in [-0.4, -0.2) is 108 Å². The van der Waals surface area contributed by atoms with Crippen molar-refractivity contribution >= 4 is 23.1 Å². The summed E-state index contributed by atoms with van der Waals surface area (Å²) in [5.41, 5.74) is 0.867. The minimum Gasteiger partial charge on any atom is -0.458 e. The molecular formula is C45H72O11Si2. The lowest BCUT2D eigenvalue weighted by atomic mass is 9.90. The fraction of sp³-hybridized carbons (Fsp3) is 0.711. The summed E-state index contributed by atoms with van der Waals surface area (Å²) in [6, 6.07) is 9.82. The number of aliphatic hydroxyl groups excluding tert-OH is 1. The number of benzene rings is 1. The number of carbonyl (C=O) groups excluding carboxylic acids is 1. The van der Waals surface area contributed by atoms with Gasteiger partial charge in [-0.1, -0.05) is 116 Å². The average Bonchev–Trinajstić information content (AvgIpc) is 3.38. The van der Waals surface area contributed by atoms with Gasteiger partial charge in [-0.2, -0.15) is 0 Å². The van der Waals surface area contributed by atoms with Crippen LogP contribution in [0.2, 0.25) is 22.2 Å². The highest BCUT2D eigenvalue weighted by Crippen LogP contribution is 2.46. The van der Waals surface area contributed by atoms with Crippen molar-refractivity contribution in [2.45, 2.75) is 191 Å². The molecule has 0 aromatic heterocycles. The van der Waals surface area contributed by atoms with Gasteiger partial charge in [0.05, 0.1) is 44.2 Å². The SMILES string of the molecule is C=C[C@@H]1O[C@@H]2CO[Si](C(C)C)(C(C)C)O[Si](C(C)C)(C(C)C)O[C@H]2/C=C\C[C@H]1O[C@H](C[C@H]1O[C@H]2CC=CCO[C@@H]2[C@@H](OCc2ccccc2)[C@@H]1O)C(=O)OC(C)(C)C. The normalized spacial score (nSPS) is 32.6. The minimum atomic E-state index is -2.89. The molecule has 0 amide bonds. The Balaban J connectivity index is 1.44. The van der Waals surface area contributed by atoms with E-state index in [-0.39, 0.29) is 41.8 Å². The Morgan fingerprint density at radius 3 is 2.21 bits per heavy atom. The summed E-state index contributed by atoms with van der Waals surface area (Å²) in [7, 11) is -5.72. The molecule has 58 heavy (non-hydrogen) atoms. The van der Waals surface area contributed by atoms with Gasteiger partial charge in [0, 0.05) is 6.42 Å². The van der Waals surface area contributed by atoms with Crippen molar-refractivity contribution < 1.29 is 51.3 Å². The van der Waals surface area contributed by atoms with Crippen LogP contribution in [0.1, 0.15) is 101 Å². The minimum absolute atomic E-state index is 0.0156. The van der Waals surface area contributed by atoms with Gasteiger partial charge in [0.1, 0.15) is 36.1 Å². The molecule has 11 nitrogen and oxygen atoms in total. The lowest BCUT2D eigenvalue weighted by Crippen LogP contribution is -2.65. The van der Waals surface area contributed by atoms with Crippen molar-refractivity contribution in [1.82, 2.24) is 0 Å². The molecule has 10 atom stereocenters. The van der Waals surface area contributed by atoms with E-state index in [0.29, 0.717) is 19.4 Å². The smallest absolute Gasteiger partial charge is 0.335 e. The molecule has 0 spiro atoms. The Kier molecular flexibility index (Phi) is 16.4. The van der Waals surface area contributed by atoms with Gasteiger partial charge in [-0.05, 0) is 61.3 Å². The summed E-state index contributed by atoms with van der Waals surface area (Å²) in [5.74, 6) is -0.556. The van der Waals surface area contributed by atoms with E-state index in [0.717, 1.165) is 5.56 Å². The molecule has 4 heterocycles. The summed E-state index contributed by atoms with van der Waals surface area (Å²) < 4.78 is 60.5. The van der Waals surface area contributed by atoms with Crippen molar-refractivity contribution in [3.63, 3.8) is 0 Å². The highest BCUT2D eigenvalue weighted by Gasteiger charge is 2.59. The number of fused-ring (bicyclic) bond motifs is 2. The molecule has 326 valence electrons. The molecule has 1 N–H and O–H groups in total. The third kappa shape index (κ3) is 11.1. The Morgan fingerprint density at radius 1 is 0.914 bits per heavy atom. The van der Waals surface area contributed by atoms with E-state index in [4.69, 9.17) is 41.4 Å². The molecule has 2 fully saturated rings. The largest absolute Gasteiger partial charge is 0.458 e. The van der Waals surface area contributed by atoms with Crippen molar-refractivity contribution in [2.75, 3.05) is 13.2 Å². The number of carbonyl (C=O) groups is 1. The number of hydrogen-bond donors (Lipinski definition) is 1. The summed E-state index contributed by atoms with van der Waals surface area (Å²) in [5, 5.41) is 12.0. The Morgan fingerprint density at radius 2 is 1.59 bits per heavy atom. The summed E-state index contributed by atoms with van der Waals surface area (Å²) >= 11 is 0. The number of aliphatic hydroxyl groups is 1. The number of ether oxygens (including phenoxy) is 6. The maximum atomic E-state index is 14.1. The Bertz CT molecular complexity index is 1510. The fourth-order valence-electron chi connectivity index (χ4n) is 8.71. The lowest BCUT2D eigenvalue weighted by molar-refractivity contribution is -0.253. The van der Waals surface area contributed by atoms with Gasteiger partial charge in [-0.3, -0.25) is 0 Å². The van der Waals surface area contributed by atoms with E-state index in [9.17, 15) is 9.90 Å². The third-order valence-electron chi connectivity index (χ3n) is 11.7. The van der Waals surface area contributed by atoms with Crippen molar-refractivity contribution in [1.29, 1.82) is 0 Å². The first-order chi connectivity index (χ1) is 27.4. The van der Waals surface area contributed by atoms with Gasteiger partial charge in [-0.15, -0.1) is 6.58 Å². The van der Waals surface area contributed by atoms with Gasteiger partial charge in [0.2, 0.25) is 0 Å². The van der Waals surface area contributed by atoms with E-state index >= 15 is 0 Å². The summed E-state index contributed by atoms with van der Waals surface area (Å²) in [6.45, 7) is 28.2. The van der Waals surface area contributed by atoms with Crippen LogP contribution < -0.4 is 0 Å². The van der Waals surface area contributed by atoms with Crippen LogP contribution in [0.4, 0.5) is 0 Å². The van der Waals surface area contributed by atoms with Crippen LogP contribution in [-0.2, 0) is 52.8 Å². The number of hydrogen-bond acceptors (Lipinski definition) is 11. The standard InChI is InChI=1S/C45H72O11Si2/c1-13-34-35(23-19-24-36-40(51-34)28-50-57(29(2)3,30(4)5)56-58(55-36,31(6)7)32(8)9)52-39(44(47)54-45(10,11)12)26-38-41(46)43(49-27-33-20-15-14-16-21-33)42-37(53-38)22-17-18-25-48-42/h13-21,24,29-32,34-43,46H,1,22-23,25-28H2,2-12H3/b24-19-/t34-,35+,36-,37-,38+,39+,40+,41+,42-,43-/m0/s1. The second-order valence-electron chi connectivity index (χ2n) is 18.5. The quantitative estimate of drug-likeness (QED) is 0.117. The van der Waals surface area contributed by atoms with E-state index in [1.165, 1.54) is 0 Å². The molecule has 0 saturated carbocycles. The van der Waals surface area contributed by atoms with Crippen LogP contribution >= 0.6 is 0 Å². The van der Waals surface area contributed by atoms with Gasteiger partial charge in [0.15, 0.2) is 6.10 Å². The van der Waals surface area contributed by atoms with Crippen LogP contribution in [0.3, 0.4) is 0 Å². The van der Waals surface area contributed by atoms with Crippen molar-refractivity contribution in [2.24, 2.45) is 0 Å². The molecule has 5 rings (SSSR count). The van der Waals surface area contributed by atoms with Crippen LogP contribution in [0.5, 0.6) is 0 Å². The fourth-order valence-corrected chi connectivity index (χ4v) is 19.9. The van der Waals surface area contributed by atoms with Crippen LogP contribution in [0.25, 0.3) is 0 Å². The highest BCUT2D eigenvalue weighted by molar-refractivity contribution is 6.84. The van der Waals surface area contributed by atoms with Crippen LogP contribution in [0, 0.1) is 0 Å². The molecule has 1 aromatic rings. The van der Waals surface area contributed by atoms with E-state index in [2.05, 4.69) is 62.0 Å². The highest BCUT2D eigenvalue weighted by atomic mass is 28.5. The van der Waals surface area contributed by atoms with Crippen molar-refractivity contribution in [3.8, 4) is 0 Å². The lowest BCUT2D eigenvalue weighted by Gasteiger charge is -2.52. The van der Waals surface area contributed by atoms with E-state index in [1.807, 2.05) is 75.4 Å². The third-order valence-corrected chi connectivity index (χ3v) is 22.0. The molecule has 1 aromatic carbocycles. The summed E-state index contributed by atoms with van der Waals surface area (Å²) in [6.07, 6.45) is 3.92. The van der Waals surface area contributed by atoms with E-state index < -0.39 is 89.7 Å². The first-order valence-corrected chi connectivity index (χ1v) is 25.5. The molecule has 4 aliphatic rings. The summed E-state index contributed by atoms with van der Waals surface area (Å²) in [4.78, 5) is 14.1. The van der Waals surface area contributed by atoms with E-state index in [1.54, 1.807) is 6.08 Å². The monoisotopic (exact) mass is 844 g/mol. The first kappa shape index (κ1) is 47.0. The number of esters is 1. The van der Waals surface area contributed by atoms with Gasteiger partial charge >= 0.3 is 23.1 Å². The zero-order valence-electron chi connectivity index (χ0n) is 36.8. The first-order valence-electron chi connectivity index (χ1n) is 21.5. The molecule has 0 radical (unpaired) electrons. The maximum Gasteiger partial charge on any atom is 0.335 e. The molecule has 0 unspecified atom stereocenters. The molecule has 4 aliphatic heterocycles. The Labute approximate surface area is 350 Å². The zero-order chi connectivity index (χ0) is 42.4. The molecule has 2 saturated heterocycles. The van der Waals surface area contributed by atoms with Gasteiger partial charge < -0.3 is 46.5 Å². The van der Waals surface area contributed by atoms with Crippen LogP contribution in [0.15, 0.2) is 67.3 Å². The zero-order valence-corrected chi connectivity index (χ0v) is 38.8. The Hall–Kier alpha value is -2.02. The van der Waals surface area contributed by atoms with Gasteiger partial charge in [0.25, 0.3) is 0 Å². The molecular weight excluding hydrogens is 773 g/mol. The molecule has 13 heteroatoms. The number of rotatable bonds is 13. The maximum absolute atomic E-state index is 14.1. The van der Waals surface area contributed by atoms with Crippen molar-refractivity contribution in [3.05, 3.63) is 72.9 Å². The molecule has 0 bridgehead atoms. The molecule has 0 aliphatic carbocycles. The topological polar surface area (TPSA) is 120 Å². The second kappa shape index (κ2) is 20.2. The predicted molar refractivity (Wildman–Crippen MR) is 229 cm³/mol. The van der Waals surface area contributed by atoms with Gasteiger partial charge in [-0.25, -0.2) is 4.79 Å². The predicted octanol–water partition coefficient (Wildman–Crippen LogP) is 8.39. The average molecular weight is 845 g/mol.